The summed E-state index contributed by atoms with van der Waals surface area (Å²) < 4.78 is 0. The molecule has 0 amide bonds. The lowest BCUT2D eigenvalue weighted by Crippen LogP contribution is -1.90. The molecule has 24 heavy (non-hydrogen) atoms. The molecule has 0 aliphatic heterocycles. The topological polar surface area (TPSA) is 51.9 Å². The highest BCUT2D eigenvalue weighted by atomic mass is 14.6. The predicted molar refractivity (Wildman–Crippen MR) is 93.0 cm³/mol. The predicted octanol–water partition coefficient (Wildman–Crippen LogP) is 5.31. The Morgan fingerprint density at radius 2 is 1.25 bits per heavy atom. The van der Waals surface area contributed by atoms with Crippen LogP contribution in [0.15, 0.2) is 66.7 Å². The Kier molecular flexibility index (Phi) is 4.07. The van der Waals surface area contributed by atoms with Crippen molar-refractivity contribution < 1.29 is 0 Å². The second-order valence-corrected chi connectivity index (χ2v) is 5.19. The maximum atomic E-state index is 9.67. The fourth-order valence-electron chi connectivity index (χ4n) is 2.59. The van der Waals surface area contributed by atoms with E-state index in [1.807, 2.05) is 42.5 Å². The summed E-state index contributed by atoms with van der Waals surface area (Å²) in [6.45, 7) is 7.03. The van der Waals surface area contributed by atoms with Crippen molar-refractivity contribution in [1.82, 2.24) is 0 Å². The second-order valence-electron chi connectivity index (χ2n) is 5.19. The van der Waals surface area contributed by atoms with Gasteiger partial charge in [0, 0.05) is 5.56 Å². The molecule has 3 aromatic rings. The lowest BCUT2D eigenvalue weighted by Gasteiger charge is -2.10. The van der Waals surface area contributed by atoms with Crippen LogP contribution in [0.1, 0.15) is 11.1 Å². The molecule has 0 aliphatic rings. The largest absolute Gasteiger partial charge is 0.238 e. The number of nitriles is 2. The van der Waals surface area contributed by atoms with E-state index in [-0.39, 0.29) is 0 Å². The fraction of sp³-hybridized carbons (Fsp3) is 0. The lowest BCUT2D eigenvalue weighted by atomic mass is 9.92. The SMILES string of the molecule is [C-]#[N+]c1ccc(-c2cccc(-c3ccc(C#N)cc3)c2C#N)cc1. The van der Waals surface area contributed by atoms with E-state index in [0.29, 0.717) is 16.8 Å². The first-order valence-electron chi connectivity index (χ1n) is 7.28. The van der Waals surface area contributed by atoms with Crippen LogP contribution < -0.4 is 0 Å². The normalized spacial score (nSPS) is 9.54. The smallest absolute Gasteiger partial charge is 0.187 e. The van der Waals surface area contributed by atoms with E-state index >= 15 is 0 Å². The molecule has 0 N–H and O–H groups in total. The third-order valence-corrected chi connectivity index (χ3v) is 3.81. The van der Waals surface area contributed by atoms with Gasteiger partial charge < -0.3 is 0 Å². The van der Waals surface area contributed by atoms with Crippen molar-refractivity contribution in [2.45, 2.75) is 0 Å². The number of hydrogen-bond acceptors (Lipinski definition) is 2. The van der Waals surface area contributed by atoms with E-state index in [4.69, 9.17) is 11.8 Å². The Morgan fingerprint density at radius 1 is 0.708 bits per heavy atom. The summed E-state index contributed by atoms with van der Waals surface area (Å²) >= 11 is 0. The van der Waals surface area contributed by atoms with Crippen LogP contribution in [0.4, 0.5) is 5.69 Å². The van der Waals surface area contributed by atoms with Crippen LogP contribution in [0.2, 0.25) is 0 Å². The van der Waals surface area contributed by atoms with Gasteiger partial charge in [0.1, 0.15) is 6.07 Å². The van der Waals surface area contributed by atoms with Gasteiger partial charge in [0.05, 0.1) is 23.8 Å². The van der Waals surface area contributed by atoms with Crippen molar-refractivity contribution in [3.05, 3.63) is 89.3 Å². The Balaban J connectivity index is 2.14. The van der Waals surface area contributed by atoms with Gasteiger partial charge in [-0.3, -0.25) is 0 Å². The van der Waals surface area contributed by atoms with Crippen LogP contribution in [0.5, 0.6) is 0 Å². The van der Waals surface area contributed by atoms with Crippen molar-refractivity contribution in [2.75, 3.05) is 0 Å². The van der Waals surface area contributed by atoms with Crippen molar-refractivity contribution in [1.29, 1.82) is 10.5 Å². The number of hydrogen-bond donors (Lipinski definition) is 0. The Hall–Kier alpha value is -3.87. The van der Waals surface area contributed by atoms with Crippen LogP contribution >= 0.6 is 0 Å². The summed E-state index contributed by atoms with van der Waals surface area (Å²) in [7, 11) is 0. The van der Waals surface area contributed by atoms with Crippen LogP contribution in [0, 0.1) is 29.2 Å². The first kappa shape index (κ1) is 15.0. The molecule has 0 spiro atoms. The summed E-state index contributed by atoms with van der Waals surface area (Å²) in [6.07, 6.45) is 0. The van der Waals surface area contributed by atoms with Gasteiger partial charge in [0.2, 0.25) is 0 Å². The van der Waals surface area contributed by atoms with Gasteiger partial charge in [-0.1, -0.05) is 54.6 Å². The molecule has 0 radical (unpaired) electrons. The molecule has 110 valence electrons. The van der Waals surface area contributed by atoms with Crippen molar-refractivity contribution >= 4 is 5.69 Å². The van der Waals surface area contributed by atoms with E-state index in [1.54, 1.807) is 24.3 Å². The quantitative estimate of drug-likeness (QED) is 0.602. The fourth-order valence-corrected chi connectivity index (χ4v) is 2.59. The van der Waals surface area contributed by atoms with E-state index in [0.717, 1.165) is 22.3 Å². The van der Waals surface area contributed by atoms with Crippen molar-refractivity contribution in [3.8, 4) is 34.4 Å². The van der Waals surface area contributed by atoms with Crippen LogP contribution in [0.3, 0.4) is 0 Å². The third kappa shape index (κ3) is 2.73. The summed E-state index contributed by atoms with van der Waals surface area (Å²) in [5, 5.41) is 18.6. The molecule has 0 heterocycles. The van der Waals surface area contributed by atoms with Crippen LogP contribution in [-0.4, -0.2) is 0 Å². The molecular weight excluding hydrogens is 294 g/mol. The molecule has 0 aliphatic carbocycles. The van der Waals surface area contributed by atoms with E-state index in [2.05, 4.69) is 17.0 Å². The first-order chi connectivity index (χ1) is 11.8. The molecule has 0 unspecified atom stereocenters. The van der Waals surface area contributed by atoms with Crippen LogP contribution in [0.25, 0.3) is 27.1 Å². The molecule has 0 atom stereocenters. The van der Waals surface area contributed by atoms with Crippen LogP contribution in [-0.2, 0) is 0 Å². The molecule has 3 aromatic carbocycles. The van der Waals surface area contributed by atoms with Gasteiger partial charge >= 0.3 is 0 Å². The average molecular weight is 305 g/mol. The molecule has 3 heteroatoms. The maximum absolute atomic E-state index is 9.67. The Bertz CT molecular complexity index is 933. The van der Waals surface area contributed by atoms with Gasteiger partial charge in [-0.2, -0.15) is 10.5 Å². The zero-order valence-electron chi connectivity index (χ0n) is 12.7. The summed E-state index contributed by atoms with van der Waals surface area (Å²) in [5.74, 6) is 0. The zero-order valence-corrected chi connectivity index (χ0v) is 12.7. The summed E-state index contributed by atoms with van der Waals surface area (Å²) in [6, 6.07) is 24.5. The maximum Gasteiger partial charge on any atom is 0.187 e. The molecule has 0 bridgehead atoms. The minimum absolute atomic E-state index is 0.570. The third-order valence-electron chi connectivity index (χ3n) is 3.81. The monoisotopic (exact) mass is 305 g/mol. The number of rotatable bonds is 2. The molecule has 0 aromatic heterocycles. The average Bonchev–Trinajstić information content (AvgIpc) is 2.67. The molecular formula is C21H11N3. The molecule has 0 fully saturated rings. The molecule has 3 rings (SSSR count). The molecule has 3 nitrogen and oxygen atoms in total. The number of benzene rings is 3. The zero-order chi connectivity index (χ0) is 16.9. The van der Waals surface area contributed by atoms with Crippen molar-refractivity contribution in [3.63, 3.8) is 0 Å². The highest BCUT2D eigenvalue weighted by Crippen LogP contribution is 2.32. The molecule has 0 saturated heterocycles. The first-order valence-corrected chi connectivity index (χ1v) is 7.28. The highest BCUT2D eigenvalue weighted by Gasteiger charge is 2.11. The standard InChI is InChI=1S/C21H11N3/c1-24-18-11-9-17(10-12-18)20-4-2-3-19(21(20)14-23)16-7-5-15(13-22)6-8-16/h2-12H. The summed E-state index contributed by atoms with van der Waals surface area (Å²) in [4.78, 5) is 3.39. The minimum Gasteiger partial charge on any atom is -0.238 e. The van der Waals surface area contributed by atoms with Gasteiger partial charge in [-0.15, -0.1) is 0 Å². The Labute approximate surface area is 140 Å². The van der Waals surface area contributed by atoms with E-state index < -0.39 is 0 Å². The minimum atomic E-state index is 0.570. The van der Waals surface area contributed by atoms with Crippen molar-refractivity contribution in [2.24, 2.45) is 0 Å². The van der Waals surface area contributed by atoms with E-state index in [1.165, 1.54) is 0 Å². The Morgan fingerprint density at radius 3 is 1.71 bits per heavy atom. The van der Waals surface area contributed by atoms with Gasteiger partial charge in [0.25, 0.3) is 0 Å². The highest BCUT2D eigenvalue weighted by molar-refractivity contribution is 5.82. The summed E-state index contributed by atoms with van der Waals surface area (Å²) in [5.41, 5.74) is 5.19. The van der Waals surface area contributed by atoms with Gasteiger partial charge in [-0.05, 0) is 28.8 Å². The molecule has 0 saturated carbocycles. The lowest BCUT2D eigenvalue weighted by molar-refractivity contribution is 1.46. The van der Waals surface area contributed by atoms with Gasteiger partial charge in [-0.25, -0.2) is 4.85 Å². The van der Waals surface area contributed by atoms with Gasteiger partial charge in [0.15, 0.2) is 5.69 Å². The second kappa shape index (κ2) is 6.49. The number of nitrogens with zero attached hydrogens (tertiary/aromatic N) is 3. The van der Waals surface area contributed by atoms with E-state index in [9.17, 15) is 5.26 Å².